The normalized spacial score (nSPS) is 11.6. The number of carbonyl (C=O) groups excluding carboxylic acids is 2. The molecule has 0 fully saturated rings. The molecule has 0 spiro atoms. The van der Waals surface area contributed by atoms with Crippen LogP contribution < -0.4 is 5.32 Å². The van der Waals surface area contributed by atoms with Crippen LogP contribution in [0.15, 0.2) is 54.6 Å². The second kappa shape index (κ2) is 8.87. The molecule has 1 N–H and O–H groups in total. The number of ether oxygens (including phenoxy) is 1. The summed E-state index contributed by atoms with van der Waals surface area (Å²) in [5, 5.41) is 2.73. The highest BCUT2D eigenvalue weighted by molar-refractivity contribution is 5.93. The monoisotopic (exact) mass is 325 g/mol. The van der Waals surface area contributed by atoms with E-state index in [2.05, 4.69) is 12.2 Å². The maximum absolute atomic E-state index is 12.2. The van der Waals surface area contributed by atoms with Crippen molar-refractivity contribution in [2.45, 2.75) is 32.6 Å². The molecule has 24 heavy (non-hydrogen) atoms. The Labute approximate surface area is 142 Å². The lowest BCUT2D eigenvalue weighted by molar-refractivity contribution is -0.149. The van der Waals surface area contributed by atoms with E-state index < -0.39 is 0 Å². The van der Waals surface area contributed by atoms with Crippen molar-refractivity contribution in [2.75, 3.05) is 11.9 Å². The molecular weight excluding hydrogens is 302 g/mol. The van der Waals surface area contributed by atoms with Gasteiger partial charge in [-0.1, -0.05) is 56.3 Å². The van der Waals surface area contributed by atoms with Gasteiger partial charge in [0.05, 0.1) is 5.92 Å². The molecule has 126 valence electrons. The van der Waals surface area contributed by atoms with Crippen molar-refractivity contribution in [2.24, 2.45) is 0 Å². The van der Waals surface area contributed by atoms with Crippen molar-refractivity contribution in [1.82, 2.24) is 0 Å². The first-order valence-electron chi connectivity index (χ1n) is 8.24. The Hall–Kier alpha value is -2.62. The zero-order valence-electron chi connectivity index (χ0n) is 14.1. The molecule has 0 aliphatic carbocycles. The lowest BCUT2D eigenvalue weighted by Crippen LogP contribution is -2.23. The van der Waals surface area contributed by atoms with Crippen LogP contribution in [0.2, 0.25) is 0 Å². The number of nitrogens with one attached hydrogen (secondary N) is 1. The van der Waals surface area contributed by atoms with Crippen molar-refractivity contribution in [3.8, 4) is 0 Å². The number of anilines is 1. The van der Waals surface area contributed by atoms with Crippen molar-refractivity contribution in [3.05, 3.63) is 65.7 Å². The molecule has 1 unspecified atom stereocenters. The predicted octanol–water partition coefficient (Wildman–Crippen LogP) is 3.92. The number of hydrogen-bond donors (Lipinski definition) is 1. The van der Waals surface area contributed by atoms with Crippen LogP contribution in [0.5, 0.6) is 0 Å². The Balaban J connectivity index is 1.86. The van der Waals surface area contributed by atoms with Crippen molar-refractivity contribution in [3.63, 3.8) is 0 Å². The third kappa shape index (κ3) is 4.95. The first-order valence-corrected chi connectivity index (χ1v) is 8.24. The van der Waals surface area contributed by atoms with E-state index in [9.17, 15) is 9.59 Å². The third-order valence-corrected chi connectivity index (χ3v) is 3.89. The van der Waals surface area contributed by atoms with Gasteiger partial charge in [-0.15, -0.1) is 0 Å². The Morgan fingerprint density at radius 3 is 2.25 bits per heavy atom. The van der Waals surface area contributed by atoms with E-state index in [0.29, 0.717) is 12.1 Å². The molecule has 0 bridgehead atoms. The largest absolute Gasteiger partial charge is 0.455 e. The van der Waals surface area contributed by atoms with E-state index in [1.807, 2.05) is 61.5 Å². The highest BCUT2D eigenvalue weighted by Gasteiger charge is 2.20. The van der Waals surface area contributed by atoms with Gasteiger partial charge in [-0.2, -0.15) is 0 Å². The van der Waals surface area contributed by atoms with E-state index in [-0.39, 0.29) is 24.4 Å². The average molecular weight is 325 g/mol. The van der Waals surface area contributed by atoms with Gasteiger partial charge >= 0.3 is 5.97 Å². The van der Waals surface area contributed by atoms with Crippen LogP contribution in [0.4, 0.5) is 5.69 Å². The van der Waals surface area contributed by atoms with Crippen LogP contribution in [0.3, 0.4) is 0 Å². The SMILES string of the molecule is CCc1ccc(NC(=O)COC(=O)C(CC)c2ccccc2)cc1. The quantitative estimate of drug-likeness (QED) is 0.785. The van der Waals surface area contributed by atoms with Gasteiger partial charge in [0.15, 0.2) is 6.61 Å². The lowest BCUT2D eigenvalue weighted by atomic mass is 9.97. The molecule has 0 aliphatic rings. The summed E-state index contributed by atoms with van der Waals surface area (Å²) < 4.78 is 5.18. The summed E-state index contributed by atoms with van der Waals surface area (Å²) in [6.45, 7) is 3.72. The van der Waals surface area contributed by atoms with E-state index in [0.717, 1.165) is 12.0 Å². The summed E-state index contributed by atoms with van der Waals surface area (Å²) in [4.78, 5) is 24.1. The van der Waals surface area contributed by atoms with E-state index in [4.69, 9.17) is 4.74 Å². The molecule has 0 saturated heterocycles. The van der Waals surface area contributed by atoms with Gasteiger partial charge < -0.3 is 10.1 Å². The van der Waals surface area contributed by atoms with Crippen LogP contribution in [0.25, 0.3) is 0 Å². The maximum atomic E-state index is 12.2. The zero-order valence-corrected chi connectivity index (χ0v) is 14.1. The smallest absolute Gasteiger partial charge is 0.313 e. The van der Waals surface area contributed by atoms with E-state index >= 15 is 0 Å². The van der Waals surface area contributed by atoms with Crippen molar-refractivity contribution < 1.29 is 14.3 Å². The fraction of sp³-hybridized carbons (Fsp3) is 0.300. The average Bonchev–Trinajstić information content (AvgIpc) is 2.62. The van der Waals surface area contributed by atoms with Crippen LogP contribution >= 0.6 is 0 Å². The third-order valence-electron chi connectivity index (χ3n) is 3.89. The van der Waals surface area contributed by atoms with Gasteiger partial charge in [0.1, 0.15) is 0 Å². The van der Waals surface area contributed by atoms with Crippen LogP contribution in [0.1, 0.15) is 37.3 Å². The maximum Gasteiger partial charge on any atom is 0.313 e. The Kier molecular flexibility index (Phi) is 6.55. The molecule has 4 nitrogen and oxygen atoms in total. The van der Waals surface area contributed by atoms with Crippen LogP contribution in [0, 0.1) is 0 Å². The number of benzene rings is 2. The highest BCUT2D eigenvalue weighted by atomic mass is 16.5. The number of rotatable bonds is 7. The molecular formula is C20H23NO3. The summed E-state index contributed by atoms with van der Waals surface area (Å²) >= 11 is 0. The first kappa shape index (κ1) is 17.7. The minimum absolute atomic E-state index is 0.280. The van der Waals surface area contributed by atoms with Gasteiger partial charge in [0.2, 0.25) is 0 Å². The molecule has 0 heterocycles. The van der Waals surface area contributed by atoms with Crippen LogP contribution in [-0.2, 0) is 20.7 Å². The molecule has 2 rings (SSSR count). The molecule has 0 aromatic heterocycles. The zero-order chi connectivity index (χ0) is 17.4. The van der Waals surface area contributed by atoms with Crippen molar-refractivity contribution >= 4 is 17.6 Å². The summed E-state index contributed by atoms with van der Waals surface area (Å²) in [5.74, 6) is -1.06. The molecule has 1 atom stereocenters. The molecule has 4 heteroatoms. The number of aryl methyl sites for hydroxylation is 1. The van der Waals surface area contributed by atoms with Gasteiger partial charge in [-0.25, -0.2) is 0 Å². The Morgan fingerprint density at radius 1 is 1.00 bits per heavy atom. The number of hydrogen-bond acceptors (Lipinski definition) is 3. The Bertz CT molecular complexity index is 665. The topological polar surface area (TPSA) is 55.4 Å². The Morgan fingerprint density at radius 2 is 1.67 bits per heavy atom. The molecule has 0 aliphatic heterocycles. The standard InChI is InChI=1S/C20H23NO3/c1-3-15-10-12-17(13-11-15)21-19(22)14-24-20(23)18(4-2)16-8-6-5-7-9-16/h5-13,18H,3-4,14H2,1-2H3,(H,21,22). The second-order valence-corrected chi connectivity index (χ2v) is 5.58. The highest BCUT2D eigenvalue weighted by Crippen LogP contribution is 2.20. The van der Waals surface area contributed by atoms with Gasteiger partial charge in [0, 0.05) is 5.69 Å². The number of esters is 1. The molecule has 2 aromatic carbocycles. The predicted molar refractivity (Wildman–Crippen MR) is 94.9 cm³/mol. The molecule has 1 amide bonds. The van der Waals surface area contributed by atoms with Crippen molar-refractivity contribution in [1.29, 1.82) is 0 Å². The van der Waals surface area contributed by atoms with E-state index in [1.54, 1.807) is 0 Å². The summed E-state index contributed by atoms with van der Waals surface area (Å²) in [6, 6.07) is 17.1. The van der Waals surface area contributed by atoms with Gasteiger partial charge in [-0.05, 0) is 36.1 Å². The number of amides is 1. The summed E-state index contributed by atoms with van der Waals surface area (Å²) in [6.07, 6.45) is 1.58. The minimum Gasteiger partial charge on any atom is -0.455 e. The van der Waals surface area contributed by atoms with E-state index in [1.165, 1.54) is 5.56 Å². The lowest BCUT2D eigenvalue weighted by Gasteiger charge is -2.14. The first-order chi connectivity index (χ1) is 11.6. The summed E-state index contributed by atoms with van der Waals surface area (Å²) in [7, 11) is 0. The summed E-state index contributed by atoms with van der Waals surface area (Å²) in [5.41, 5.74) is 2.80. The fourth-order valence-corrected chi connectivity index (χ4v) is 2.48. The van der Waals surface area contributed by atoms with Gasteiger partial charge in [0.25, 0.3) is 5.91 Å². The van der Waals surface area contributed by atoms with Gasteiger partial charge in [-0.3, -0.25) is 9.59 Å². The minimum atomic E-state index is -0.375. The number of carbonyl (C=O) groups is 2. The fourth-order valence-electron chi connectivity index (χ4n) is 2.48. The molecule has 0 saturated carbocycles. The van der Waals surface area contributed by atoms with Crippen LogP contribution in [-0.4, -0.2) is 18.5 Å². The second-order valence-electron chi connectivity index (χ2n) is 5.58. The molecule has 2 aromatic rings. The molecule has 0 radical (unpaired) electrons.